The molecule has 0 radical (unpaired) electrons. The van der Waals surface area contributed by atoms with E-state index in [4.69, 9.17) is 4.74 Å². The van der Waals surface area contributed by atoms with Gasteiger partial charge >= 0.3 is 0 Å². The molecule has 0 saturated heterocycles. The molecule has 5 unspecified atom stereocenters. The van der Waals surface area contributed by atoms with E-state index in [0.717, 1.165) is 5.56 Å². The molecule has 222 valence electrons. The maximum absolute atomic E-state index is 13.9. The summed E-state index contributed by atoms with van der Waals surface area (Å²) < 4.78 is 6.23. The summed E-state index contributed by atoms with van der Waals surface area (Å²) >= 11 is 0. The van der Waals surface area contributed by atoms with Crippen molar-refractivity contribution < 1.29 is 28.7 Å². The van der Waals surface area contributed by atoms with Crippen LogP contribution in [0.3, 0.4) is 0 Å². The molecule has 0 aliphatic carbocycles. The van der Waals surface area contributed by atoms with E-state index < -0.39 is 36.0 Å². The van der Waals surface area contributed by atoms with Gasteiger partial charge in [0.2, 0.25) is 24.1 Å². The summed E-state index contributed by atoms with van der Waals surface area (Å²) in [6.07, 6.45) is 1.12. The van der Waals surface area contributed by atoms with Crippen LogP contribution in [0.25, 0.3) is 0 Å². The van der Waals surface area contributed by atoms with Crippen LogP contribution in [-0.2, 0) is 25.6 Å². The summed E-state index contributed by atoms with van der Waals surface area (Å²) in [5.41, 5.74) is 1.42. The van der Waals surface area contributed by atoms with Crippen molar-refractivity contribution in [3.05, 3.63) is 65.7 Å². The summed E-state index contributed by atoms with van der Waals surface area (Å²) in [4.78, 5) is 64.1. The third-order valence-corrected chi connectivity index (χ3v) is 7.05. The molecule has 4 amide bonds. The summed E-state index contributed by atoms with van der Waals surface area (Å²) in [7, 11) is 3.58. The van der Waals surface area contributed by atoms with Crippen molar-refractivity contribution in [2.24, 2.45) is 11.8 Å². The van der Waals surface area contributed by atoms with Crippen LogP contribution in [0.4, 0.5) is 0 Å². The lowest BCUT2D eigenvalue weighted by atomic mass is 9.94. The van der Waals surface area contributed by atoms with E-state index in [0.29, 0.717) is 30.4 Å². The highest BCUT2D eigenvalue weighted by Gasteiger charge is 2.38. The molecule has 0 aliphatic rings. The number of rotatable bonds is 16. The zero-order valence-corrected chi connectivity index (χ0v) is 24.6. The number of likely N-dealkylation sites (N-methyl/N-ethyl adjacent to an activating group) is 1. The SMILES string of the molecule is CCC(C)C(NC(=O)C(NC(=O)C(Cc1ccccc1)N(C)C)C(Oc1ccc(C=O)cc1)C(C)C)C(=O)NC=O. The predicted molar refractivity (Wildman–Crippen MR) is 156 cm³/mol. The summed E-state index contributed by atoms with van der Waals surface area (Å²) in [6.45, 7) is 7.37. The van der Waals surface area contributed by atoms with Crippen LogP contribution < -0.4 is 20.7 Å². The Morgan fingerprint density at radius 1 is 0.854 bits per heavy atom. The van der Waals surface area contributed by atoms with E-state index in [1.165, 1.54) is 0 Å². The molecule has 3 N–H and O–H groups in total. The van der Waals surface area contributed by atoms with Crippen LogP contribution in [0.5, 0.6) is 5.75 Å². The van der Waals surface area contributed by atoms with Crippen molar-refractivity contribution in [2.75, 3.05) is 14.1 Å². The number of hydrogen-bond acceptors (Lipinski definition) is 7. The number of carbonyl (C=O) groups excluding carboxylic acids is 5. The van der Waals surface area contributed by atoms with Crippen molar-refractivity contribution in [3.63, 3.8) is 0 Å². The monoisotopic (exact) mass is 566 g/mol. The number of benzene rings is 2. The van der Waals surface area contributed by atoms with E-state index in [1.807, 2.05) is 51.1 Å². The molecule has 0 saturated carbocycles. The highest BCUT2D eigenvalue weighted by atomic mass is 16.5. The second-order valence-corrected chi connectivity index (χ2v) is 10.7. The fourth-order valence-corrected chi connectivity index (χ4v) is 4.36. The molecule has 10 nitrogen and oxygen atoms in total. The standard InChI is InChI=1S/C31H42N4O6/c1-7-21(4)26(30(39)32-19-37)33-31(40)27(28(20(2)3)41-24-15-13-23(18-36)14-16-24)34-29(38)25(35(5)6)17-22-11-9-8-10-12-22/h8-16,18-21,25-28H,7,17H2,1-6H3,(H,33,40)(H,34,38)(H,32,37,39). The smallest absolute Gasteiger partial charge is 0.249 e. The van der Waals surface area contributed by atoms with Crippen molar-refractivity contribution in [2.45, 2.75) is 64.8 Å². The van der Waals surface area contributed by atoms with Gasteiger partial charge in [0.25, 0.3) is 0 Å². The minimum atomic E-state index is -1.19. The van der Waals surface area contributed by atoms with Crippen molar-refractivity contribution >= 4 is 30.4 Å². The number of carbonyl (C=O) groups is 5. The van der Waals surface area contributed by atoms with E-state index in [-0.39, 0.29) is 24.2 Å². The molecule has 10 heteroatoms. The molecule has 0 heterocycles. The maximum atomic E-state index is 13.9. The van der Waals surface area contributed by atoms with E-state index in [2.05, 4.69) is 16.0 Å². The van der Waals surface area contributed by atoms with Gasteiger partial charge in [-0.05, 0) is 62.2 Å². The summed E-state index contributed by atoms with van der Waals surface area (Å²) in [5.74, 6) is -1.79. The first kappa shape index (κ1) is 33.2. The second kappa shape index (κ2) is 16.3. The van der Waals surface area contributed by atoms with Gasteiger partial charge in [-0.3, -0.25) is 34.2 Å². The van der Waals surface area contributed by atoms with E-state index in [9.17, 15) is 24.0 Å². The lowest BCUT2D eigenvalue weighted by Gasteiger charge is -2.34. The average molecular weight is 567 g/mol. The zero-order valence-electron chi connectivity index (χ0n) is 24.6. The Kier molecular flexibility index (Phi) is 13.2. The van der Waals surface area contributed by atoms with Gasteiger partial charge in [-0.25, -0.2) is 0 Å². The Hall–Kier alpha value is -4.05. The molecule has 0 spiro atoms. The van der Waals surface area contributed by atoms with Gasteiger partial charge in [0.1, 0.15) is 30.2 Å². The van der Waals surface area contributed by atoms with Gasteiger partial charge in [0.15, 0.2) is 0 Å². The highest BCUT2D eigenvalue weighted by Crippen LogP contribution is 2.20. The highest BCUT2D eigenvalue weighted by molar-refractivity contribution is 5.96. The number of amides is 4. The van der Waals surface area contributed by atoms with Crippen molar-refractivity contribution in [1.82, 2.24) is 20.9 Å². The first-order valence-electron chi connectivity index (χ1n) is 13.8. The molecule has 0 aliphatic heterocycles. The van der Waals surface area contributed by atoms with Gasteiger partial charge in [-0.1, -0.05) is 64.4 Å². The zero-order chi connectivity index (χ0) is 30.5. The van der Waals surface area contributed by atoms with Crippen LogP contribution in [0.2, 0.25) is 0 Å². The Bertz CT molecular complexity index is 1150. The molecule has 2 aromatic rings. The number of ether oxygens (including phenoxy) is 1. The minimum Gasteiger partial charge on any atom is -0.487 e. The molecule has 2 aromatic carbocycles. The Balaban J connectivity index is 2.46. The molecule has 0 aromatic heterocycles. The van der Waals surface area contributed by atoms with Crippen molar-refractivity contribution in [3.8, 4) is 5.75 Å². The topological polar surface area (TPSA) is 134 Å². The molecular formula is C31H42N4O6. The van der Waals surface area contributed by atoms with Crippen molar-refractivity contribution in [1.29, 1.82) is 0 Å². The fraction of sp³-hybridized carbons (Fsp3) is 0.452. The van der Waals surface area contributed by atoms with Crippen LogP contribution in [0.15, 0.2) is 54.6 Å². The first-order chi connectivity index (χ1) is 19.5. The third-order valence-electron chi connectivity index (χ3n) is 7.05. The van der Waals surface area contributed by atoms with Gasteiger partial charge in [0.05, 0.1) is 6.04 Å². The van der Waals surface area contributed by atoms with Gasteiger partial charge in [0, 0.05) is 5.56 Å². The minimum absolute atomic E-state index is 0.255. The average Bonchev–Trinajstić information content (AvgIpc) is 2.96. The van der Waals surface area contributed by atoms with Gasteiger partial charge < -0.3 is 15.4 Å². The number of imide groups is 1. The maximum Gasteiger partial charge on any atom is 0.249 e. The molecule has 0 bridgehead atoms. The molecule has 41 heavy (non-hydrogen) atoms. The molecule has 5 atom stereocenters. The Labute approximate surface area is 242 Å². The summed E-state index contributed by atoms with van der Waals surface area (Å²) in [5, 5.41) is 7.77. The number of nitrogens with zero attached hydrogens (tertiary/aromatic N) is 1. The number of aldehydes is 1. The van der Waals surface area contributed by atoms with Crippen LogP contribution >= 0.6 is 0 Å². The van der Waals surface area contributed by atoms with E-state index in [1.54, 1.807) is 50.2 Å². The second-order valence-electron chi connectivity index (χ2n) is 10.7. The molecular weight excluding hydrogens is 524 g/mol. The van der Waals surface area contributed by atoms with Gasteiger partial charge in [-0.15, -0.1) is 0 Å². The molecule has 0 fully saturated rings. The predicted octanol–water partition coefficient (Wildman–Crippen LogP) is 2.36. The van der Waals surface area contributed by atoms with Gasteiger partial charge in [-0.2, -0.15) is 0 Å². The van der Waals surface area contributed by atoms with Crippen LogP contribution in [0.1, 0.15) is 50.0 Å². The largest absolute Gasteiger partial charge is 0.487 e. The fourth-order valence-electron chi connectivity index (χ4n) is 4.36. The lowest BCUT2D eigenvalue weighted by molar-refractivity contribution is -0.137. The quantitative estimate of drug-likeness (QED) is 0.266. The number of nitrogens with one attached hydrogen (secondary N) is 3. The Morgan fingerprint density at radius 2 is 1.46 bits per heavy atom. The van der Waals surface area contributed by atoms with Crippen LogP contribution in [-0.4, -0.2) is 73.6 Å². The third kappa shape index (κ3) is 9.82. The lowest BCUT2D eigenvalue weighted by Crippen LogP contribution is -2.62. The normalized spacial score (nSPS) is 14.7. The summed E-state index contributed by atoms with van der Waals surface area (Å²) in [6, 6.07) is 13.2. The molecule has 2 rings (SSSR count). The Morgan fingerprint density at radius 3 is 1.98 bits per heavy atom. The van der Waals surface area contributed by atoms with E-state index >= 15 is 0 Å². The number of hydrogen-bond donors (Lipinski definition) is 3. The first-order valence-corrected chi connectivity index (χ1v) is 13.8. The van der Waals surface area contributed by atoms with Crippen LogP contribution in [0, 0.1) is 11.8 Å².